The molecule has 0 saturated carbocycles. The Balaban J connectivity index is 1.48. The highest BCUT2D eigenvalue weighted by Crippen LogP contribution is 2.32. The zero-order valence-corrected chi connectivity index (χ0v) is 16.8. The summed E-state index contributed by atoms with van der Waals surface area (Å²) in [6.07, 6.45) is 3.02. The van der Waals surface area contributed by atoms with E-state index in [0.29, 0.717) is 5.75 Å². The molecular formula is C22H19BrN2O3. The van der Waals surface area contributed by atoms with Gasteiger partial charge in [0.15, 0.2) is 6.61 Å². The van der Waals surface area contributed by atoms with Crippen LogP contribution in [-0.2, 0) is 9.59 Å². The van der Waals surface area contributed by atoms with Gasteiger partial charge in [-0.1, -0.05) is 60.2 Å². The lowest BCUT2D eigenvalue weighted by Crippen LogP contribution is -2.43. The number of halogens is 1. The molecule has 0 bridgehead atoms. The molecule has 6 heteroatoms. The normalized spacial score (nSPS) is 10.8. The van der Waals surface area contributed by atoms with Crippen LogP contribution in [0.5, 0.6) is 5.75 Å². The van der Waals surface area contributed by atoms with Crippen LogP contribution in [0.1, 0.15) is 11.1 Å². The molecule has 0 unspecified atom stereocenters. The molecule has 0 heterocycles. The fourth-order valence-corrected chi connectivity index (χ4v) is 3.13. The van der Waals surface area contributed by atoms with Crippen molar-refractivity contribution in [1.29, 1.82) is 0 Å². The number of hydrogen-bond acceptors (Lipinski definition) is 3. The Bertz CT molecular complexity index is 1030. The van der Waals surface area contributed by atoms with E-state index < -0.39 is 11.8 Å². The van der Waals surface area contributed by atoms with E-state index in [1.54, 1.807) is 12.1 Å². The van der Waals surface area contributed by atoms with E-state index in [4.69, 9.17) is 4.74 Å². The summed E-state index contributed by atoms with van der Waals surface area (Å²) in [6.45, 7) is 1.77. The van der Waals surface area contributed by atoms with Gasteiger partial charge < -0.3 is 4.74 Å². The highest BCUT2D eigenvalue weighted by molar-refractivity contribution is 9.10. The number of nitrogens with one attached hydrogen (secondary N) is 2. The van der Waals surface area contributed by atoms with E-state index in [1.165, 1.54) is 6.08 Å². The molecule has 0 aliphatic rings. The standard InChI is InChI=1S/C22H19BrN2O3/c1-15-6-8-16(9-7-15)10-13-20(26)24-25-21(27)14-28-19-12-11-17-4-2-3-5-18(17)22(19)23/h2-13H,14H2,1H3,(H,24,26)(H,25,27). The van der Waals surface area contributed by atoms with E-state index in [-0.39, 0.29) is 6.61 Å². The maximum atomic E-state index is 11.9. The lowest BCUT2D eigenvalue weighted by atomic mass is 10.1. The average Bonchev–Trinajstić information content (AvgIpc) is 2.71. The summed E-state index contributed by atoms with van der Waals surface area (Å²) in [5, 5.41) is 2.06. The van der Waals surface area contributed by atoms with Gasteiger partial charge in [-0.25, -0.2) is 0 Å². The van der Waals surface area contributed by atoms with Gasteiger partial charge in [0, 0.05) is 6.08 Å². The maximum absolute atomic E-state index is 11.9. The largest absolute Gasteiger partial charge is 0.483 e. The zero-order chi connectivity index (χ0) is 19.9. The highest BCUT2D eigenvalue weighted by Gasteiger charge is 2.09. The summed E-state index contributed by atoms with van der Waals surface area (Å²) in [6, 6.07) is 19.3. The first-order chi connectivity index (χ1) is 13.5. The second-order valence-electron chi connectivity index (χ2n) is 6.17. The number of amides is 2. The number of carbonyl (C=O) groups excluding carboxylic acids is 2. The molecule has 0 aliphatic carbocycles. The number of fused-ring (bicyclic) bond motifs is 1. The van der Waals surface area contributed by atoms with Crippen LogP contribution in [0.2, 0.25) is 0 Å². The molecule has 2 N–H and O–H groups in total. The number of carbonyl (C=O) groups is 2. The van der Waals surface area contributed by atoms with Crippen LogP contribution in [0.3, 0.4) is 0 Å². The van der Waals surface area contributed by atoms with Gasteiger partial charge in [-0.3, -0.25) is 20.4 Å². The minimum Gasteiger partial charge on any atom is -0.483 e. The van der Waals surface area contributed by atoms with Crippen molar-refractivity contribution in [3.63, 3.8) is 0 Å². The predicted molar refractivity (Wildman–Crippen MR) is 114 cm³/mol. The maximum Gasteiger partial charge on any atom is 0.276 e. The average molecular weight is 439 g/mol. The molecule has 3 rings (SSSR count). The number of aryl methyl sites for hydroxylation is 1. The third-order valence-corrected chi connectivity index (χ3v) is 4.83. The van der Waals surface area contributed by atoms with Gasteiger partial charge in [0.1, 0.15) is 5.75 Å². The third-order valence-electron chi connectivity index (χ3n) is 4.02. The Labute approximate surface area is 171 Å². The SMILES string of the molecule is Cc1ccc(C=CC(=O)NNC(=O)COc2ccc3ccccc3c2Br)cc1. The fraction of sp³-hybridized carbons (Fsp3) is 0.0909. The molecule has 3 aromatic carbocycles. The minimum absolute atomic E-state index is 0.223. The van der Waals surface area contributed by atoms with Crippen LogP contribution in [-0.4, -0.2) is 18.4 Å². The van der Waals surface area contributed by atoms with Crippen LogP contribution in [0.15, 0.2) is 71.2 Å². The monoisotopic (exact) mass is 438 g/mol. The molecule has 0 fully saturated rings. The molecule has 142 valence electrons. The Morgan fingerprint density at radius 2 is 1.75 bits per heavy atom. The number of hydrogen-bond donors (Lipinski definition) is 2. The zero-order valence-electron chi connectivity index (χ0n) is 15.2. The van der Waals surface area contributed by atoms with Crippen molar-refractivity contribution >= 4 is 44.6 Å². The summed E-state index contributed by atoms with van der Waals surface area (Å²) in [5.74, 6) is -0.336. The first kappa shape index (κ1) is 19.6. The lowest BCUT2D eigenvalue weighted by Gasteiger charge is -2.10. The Morgan fingerprint density at radius 3 is 2.54 bits per heavy atom. The van der Waals surface area contributed by atoms with Gasteiger partial charge >= 0.3 is 0 Å². The molecule has 5 nitrogen and oxygen atoms in total. The molecule has 0 spiro atoms. The van der Waals surface area contributed by atoms with Crippen LogP contribution in [0, 0.1) is 6.92 Å². The first-order valence-corrected chi connectivity index (χ1v) is 9.46. The van der Waals surface area contributed by atoms with Crippen molar-refractivity contribution in [3.05, 3.63) is 82.3 Å². The van der Waals surface area contributed by atoms with Gasteiger partial charge in [-0.05, 0) is 51.3 Å². The smallest absolute Gasteiger partial charge is 0.276 e. The predicted octanol–water partition coefficient (Wildman–Crippen LogP) is 4.15. The molecule has 0 saturated heterocycles. The van der Waals surface area contributed by atoms with E-state index >= 15 is 0 Å². The van der Waals surface area contributed by atoms with Crippen molar-refractivity contribution in [3.8, 4) is 5.75 Å². The molecule has 2 amide bonds. The topological polar surface area (TPSA) is 67.4 Å². The molecule has 28 heavy (non-hydrogen) atoms. The second-order valence-corrected chi connectivity index (χ2v) is 6.96. The highest BCUT2D eigenvalue weighted by atomic mass is 79.9. The summed E-state index contributed by atoms with van der Waals surface area (Å²) < 4.78 is 6.33. The van der Waals surface area contributed by atoms with Gasteiger partial charge in [0.05, 0.1) is 4.47 Å². The summed E-state index contributed by atoms with van der Waals surface area (Å²) in [4.78, 5) is 23.7. The number of ether oxygens (including phenoxy) is 1. The molecular weight excluding hydrogens is 420 g/mol. The number of benzene rings is 3. The van der Waals surface area contributed by atoms with Gasteiger partial charge in [-0.2, -0.15) is 0 Å². The van der Waals surface area contributed by atoms with Crippen LogP contribution in [0.4, 0.5) is 0 Å². The fourth-order valence-electron chi connectivity index (χ4n) is 2.53. The molecule has 0 aliphatic heterocycles. The van der Waals surface area contributed by atoms with E-state index in [0.717, 1.165) is 26.4 Å². The van der Waals surface area contributed by atoms with E-state index in [9.17, 15) is 9.59 Å². The molecule has 3 aromatic rings. The van der Waals surface area contributed by atoms with E-state index in [1.807, 2.05) is 61.5 Å². The Morgan fingerprint density at radius 1 is 1.00 bits per heavy atom. The molecule has 0 radical (unpaired) electrons. The molecule has 0 atom stereocenters. The minimum atomic E-state index is -0.461. The Hall–Kier alpha value is -3.12. The summed E-state index contributed by atoms with van der Waals surface area (Å²) in [5.41, 5.74) is 6.70. The van der Waals surface area contributed by atoms with Crippen molar-refractivity contribution in [2.24, 2.45) is 0 Å². The number of rotatable bonds is 5. The first-order valence-electron chi connectivity index (χ1n) is 8.66. The van der Waals surface area contributed by atoms with Crippen molar-refractivity contribution < 1.29 is 14.3 Å². The van der Waals surface area contributed by atoms with Crippen molar-refractivity contribution in [2.45, 2.75) is 6.92 Å². The van der Waals surface area contributed by atoms with Gasteiger partial charge in [0.25, 0.3) is 11.8 Å². The third kappa shape index (κ3) is 5.20. The van der Waals surface area contributed by atoms with Crippen LogP contribution >= 0.6 is 15.9 Å². The Kier molecular flexibility index (Phi) is 6.45. The number of hydrazine groups is 1. The van der Waals surface area contributed by atoms with Gasteiger partial charge in [-0.15, -0.1) is 0 Å². The second kappa shape index (κ2) is 9.19. The lowest BCUT2D eigenvalue weighted by molar-refractivity contribution is -0.128. The van der Waals surface area contributed by atoms with Crippen LogP contribution < -0.4 is 15.6 Å². The van der Waals surface area contributed by atoms with Crippen molar-refractivity contribution in [2.75, 3.05) is 6.61 Å². The van der Waals surface area contributed by atoms with E-state index in [2.05, 4.69) is 26.8 Å². The van der Waals surface area contributed by atoms with Gasteiger partial charge in [0.2, 0.25) is 0 Å². The van der Waals surface area contributed by atoms with Crippen molar-refractivity contribution in [1.82, 2.24) is 10.9 Å². The molecule has 0 aromatic heterocycles. The van der Waals surface area contributed by atoms with Crippen LogP contribution in [0.25, 0.3) is 16.8 Å². The quantitative estimate of drug-likeness (QED) is 0.464. The summed E-state index contributed by atoms with van der Waals surface area (Å²) >= 11 is 3.51. The summed E-state index contributed by atoms with van der Waals surface area (Å²) in [7, 11) is 0.